The van der Waals surface area contributed by atoms with Crippen LogP contribution >= 0.6 is 0 Å². The summed E-state index contributed by atoms with van der Waals surface area (Å²) < 4.78 is 37.9. The first kappa shape index (κ1) is 44.0. The molecule has 0 unspecified atom stereocenters. The van der Waals surface area contributed by atoms with Crippen molar-refractivity contribution in [2.45, 2.75) is 25.7 Å². The van der Waals surface area contributed by atoms with Crippen molar-refractivity contribution < 1.29 is 62.5 Å². The van der Waals surface area contributed by atoms with E-state index in [1.165, 1.54) is 25.3 Å². The first-order valence-electron chi connectivity index (χ1n) is 18.3. The normalized spacial score (nSPS) is 10.5. The number of carbonyl (C=O) groups is 4. The standard InChI is InChI=1S/C45H46O13/c1-30(28-46)32(3)53-23-5-7-26-56-43(49)35-11-9-33(10-12-35)34-13-20-39(21-14-34)57-45(51)37-17-22-40(41(27-37)52-4)58-44(50)36-15-18-38(19-16-36)54-24-6-8-25-55-42(48)31(2)29-47/h9-22,27,46-47H,1-3,5-8,23-26,28-29H2,4H3. The van der Waals surface area contributed by atoms with Gasteiger partial charge in [-0.2, -0.15) is 0 Å². The number of benzene rings is 4. The maximum Gasteiger partial charge on any atom is 0.343 e. The molecule has 2 N–H and O–H groups in total. The van der Waals surface area contributed by atoms with Gasteiger partial charge in [-0.25, -0.2) is 19.2 Å². The Kier molecular flexibility index (Phi) is 17.3. The molecule has 0 aliphatic carbocycles. The summed E-state index contributed by atoms with van der Waals surface area (Å²) in [6, 6.07) is 24.5. The largest absolute Gasteiger partial charge is 0.494 e. The quantitative estimate of drug-likeness (QED) is 0.0195. The van der Waals surface area contributed by atoms with Gasteiger partial charge < -0.3 is 43.4 Å². The van der Waals surface area contributed by atoms with Gasteiger partial charge in [-0.1, -0.05) is 44.0 Å². The van der Waals surface area contributed by atoms with Crippen molar-refractivity contribution in [1.29, 1.82) is 0 Å². The zero-order valence-electron chi connectivity index (χ0n) is 32.2. The van der Waals surface area contributed by atoms with Crippen LogP contribution in [0.4, 0.5) is 0 Å². The summed E-state index contributed by atoms with van der Waals surface area (Å²) in [6.07, 6.45) is 2.41. The molecule has 0 saturated heterocycles. The van der Waals surface area contributed by atoms with Crippen molar-refractivity contribution in [3.63, 3.8) is 0 Å². The number of unbranched alkanes of at least 4 members (excludes halogenated alkanes) is 2. The van der Waals surface area contributed by atoms with Crippen LogP contribution in [0.15, 0.2) is 128 Å². The maximum atomic E-state index is 13.0. The molecular weight excluding hydrogens is 748 g/mol. The van der Waals surface area contributed by atoms with E-state index in [1.807, 2.05) is 0 Å². The molecule has 0 atom stereocenters. The van der Waals surface area contributed by atoms with Crippen LogP contribution in [0.3, 0.4) is 0 Å². The van der Waals surface area contributed by atoms with E-state index in [2.05, 4.69) is 19.7 Å². The Morgan fingerprint density at radius 2 is 1.02 bits per heavy atom. The van der Waals surface area contributed by atoms with E-state index in [0.717, 1.165) is 11.1 Å². The average molecular weight is 795 g/mol. The minimum absolute atomic E-state index is 0.00194. The van der Waals surface area contributed by atoms with Gasteiger partial charge in [-0.05, 0) is 104 Å². The molecule has 0 aromatic heterocycles. The number of aliphatic hydroxyl groups is 2. The Bertz CT molecular complexity index is 2050. The minimum Gasteiger partial charge on any atom is -0.494 e. The predicted octanol–water partition coefficient (Wildman–Crippen LogP) is 7.07. The number of methoxy groups -OCH3 is 1. The fourth-order valence-corrected chi connectivity index (χ4v) is 4.97. The molecule has 4 aromatic rings. The summed E-state index contributed by atoms with van der Waals surface area (Å²) in [4.78, 5) is 49.9. The summed E-state index contributed by atoms with van der Waals surface area (Å²) >= 11 is 0. The molecule has 0 aliphatic rings. The van der Waals surface area contributed by atoms with E-state index in [-0.39, 0.29) is 48.0 Å². The van der Waals surface area contributed by atoms with E-state index in [1.54, 1.807) is 72.8 Å². The highest BCUT2D eigenvalue weighted by molar-refractivity contribution is 5.94. The molecule has 0 fully saturated rings. The van der Waals surface area contributed by atoms with Crippen molar-refractivity contribution in [2.24, 2.45) is 0 Å². The minimum atomic E-state index is -0.651. The first-order valence-corrected chi connectivity index (χ1v) is 18.3. The molecule has 58 heavy (non-hydrogen) atoms. The zero-order valence-corrected chi connectivity index (χ0v) is 32.2. The summed E-state index contributed by atoms with van der Waals surface area (Å²) in [7, 11) is 1.38. The van der Waals surface area contributed by atoms with Crippen LogP contribution in [0.1, 0.15) is 56.8 Å². The van der Waals surface area contributed by atoms with Crippen molar-refractivity contribution >= 4 is 23.9 Å². The third-order valence-electron chi connectivity index (χ3n) is 8.36. The fourth-order valence-electron chi connectivity index (χ4n) is 4.97. The lowest BCUT2D eigenvalue weighted by Crippen LogP contribution is -2.12. The van der Waals surface area contributed by atoms with Gasteiger partial charge in [0.05, 0.1) is 69.0 Å². The Hall–Kier alpha value is -6.70. The molecule has 13 nitrogen and oxygen atoms in total. The molecule has 13 heteroatoms. The van der Waals surface area contributed by atoms with E-state index >= 15 is 0 Å². The predicted molar refractivity (Wildman–Crippen MR) is 214 cm³/mol. The van der Waals surface area contributed by atoms with Gasteiger partial charge in [-0.3, -0.25) is 0 Å². The molecular formula is C45H46O13. The van der Waals surface area contributed by atoms with Gasteiger partial charge in [0.15, 0.2) is 11.5 Å². The molecule has 0 bridgehead atoms. The van der Waals surface area contributed by atoms with Crippen molar-refractivity contribution in [1.82, 2.24) is 0 Å². The van der Waals surface area contributed by atoms with Gasteiger partial charge in [0, 0.05) is 5.57 Å². The van der Waals surface area contributed by atoms with Crippen LogP contribution < -0.4 is 18.9 Å². The molecule has 0 heterocycles. The summed E-state index contributed by atoms with van der Waals surface area (Å²) in [5.74, 6) is -0.944. The second-order valence-electron chi connectivity index (χ2n) is 12.6. The number of aliphatic hydroxyl groups excluding tert-OH is 2. The smallest absolute Gasteiger partial charge is 0.343 e. The molecule has 4 aromatic carbocycles. The molecule has 4 rings (SSSR count). The summed E-state index contributed by atoms with van der Waals surface area (Å²) in [5, 5.41) is 17.9. The van der Waals surface area contributed by atoms with Crippen LogP contribution in [0.5, 0.6) is 23.0 Å². The molecule has 0 aliphatic heterocycles. The van der Waals surface area contributed by atoms with Crippen LogP contribution in [0.2, 0.25) is 0 Å². The van der Waals surface area contributed by atoms with Gasteiger partial charge in [-0.15, -0.1) is 0 Å². The monoisotopic (exact) mass is 794 g/mol. The van der Waals surface area contributed by atoms with Crippen LogP contribution in [-0.4, -0.2) is 80.8 Å². The van der Waals surface area contributed by atoms with E-state index in [0.29, 0.717) is 67.3 Å². The highest BCUT2D eigenvalue weighted by Gasteiger charge is 2.17. The highest BCUT2D eigenvalue weighted by atomic mass is 16.6. The summed E-state index contributed by atoms with van der Waals surface area (Å²) in [6.45, 7) is 11.2. The van der Waals surface area contributed by atoms with Gasteiger partial charge in [0.25, 0.3) is 0 Å². The number of hydrogen-bond acceptors (Lipinski definition) is 13. The van der Waals surface area contributed by atoms with Crippen LogP contribution in [0.25, 0.3) is 11.1 Å². The van der Waals surface area contributed by atoms with Crippen LogP contribution in [0, 0.1) is 0 Å². The SMILES string of the molecule is C=C(CO)C(=C)OCCCCOC(=O)c1ccc(-c2ccc(OC(=O)c3ccc(OC(=O)c4ccc(OCCCCOC(=O)C(=C)CO)cc4)c(OC)c3)cc2)cc1. The Morgan fingerprint density at radius 3 is 1.64 bits per heavy atom. The maximum absolute atomic E-state index is 13.0. The Morgan fingerprint density at radius 1 is 0.517 bits per heavy atom. The zero-order chi connectivity index (χ0) is 41.9. The highest BCUT2D eigenvalue weighted by Crippen LogP contribution is 2.30. The van der Waals surface area contributed by atoms with Gasteiger partial charge >= 0.3 is 23.9 Å². The van der Waals surface area contributed by atoms with E-state index in [4.69, 9.17) is 43.4 Å². The van der Waals surface area contributed by atoms with Gasteiger partial charge in [0.2, 0.25) is 0 Å². The summed E-state index contributed by atoms with van der Waals surface area (Å²) in [5.41, 5.74) is 2.93. The molecule has 0 radical (unpaired) electrons. The Labute approximate surface area is 336 Å². The fraction of sp³-hybridized carbons (Fsp3) is 0.244. The average Bonchev–Trinajstić information content (AvgIpc) is 3.25. The molecule has 304 valence electrons. The van der Waals surface area contributed by atoms with Gasteiger partial charge in [0.1, 0.15) is 17.3 Å². The lowest BCUT2D eigenvalue weighted by atomic mass is 10.0. The van der Waals surface area contributed by atoms with Crippen molar-refractivity contribution in [3.8, 4) is 34.1 Å². The Balaban J connectivity index is 1.21. The first-order chi connectivity index (χ1) is 28.0. The lowest BCUT2D eigenvalue weighted by molar-refractivity contribution is -0.139. The number of esters is 4. The molecule has 0 amide bonds. The van der Waals surface area contributed by atoms with E-state index in [9.17, 15) is 19.2 Å². The number of hydrogen-bond donors (Lipinski definition) is 2. The lowest BCUT2D eigenvalue weighted by Gasteiger charge is -2.12. The van der Waals surface area contributed by atoms with Crippen molar-refractivity contribution in [2.75, 3.05) is 46.8 Å². The number of carbonyl (C=O) groups excluding carboxylic acids is 4. The topological polar surface area (TPSA) is 173 Å². The second-order valence-corrected chi connectivity index (χ2v) is 12.6. The second kappa shape index (κ2) is 22.8. The van der Waals surface area contributed by atoms with E-state index < -0.39 is 30.5 Å². The molecule has 0 spiro atoms. The number of ether oxygens (including phenoxy) is 7. The van der Waals surface area contributed by atoms with Crippen molar-refractivity contribution in [3.05, 3.63) is 144 Å². The molecule has 0 saturated carbocycles. The third kappa shape index (κ3) is 13.5. The van der Waals surface area contributed by atoms with Crippen LogP contribution in [-0.2, 0) is 19.0 Å². The third-order valence-corrected chi connectivity index (χ3v) is 8.36. The number of rotatable bonds is 23.